The summed E-state index contributed by atoms with van der Waals surface area (Å²) < 4.78 is 17.9. The lowest BCUT2D eigenvalue weighted by Crippen LogP contribution is -2.56. The Bertz CT molecular complexity index is 1230. The lowest BCUT2D eigenvalue weighted by Gasteiger charge is -2.43. The summed E-state index contributed by atoms with van der Waals surface area (Å²) in [6, 6.07) is 6.84. The van der Waals surface area contributed by atoms with Crippen molar-refractivity contribution >= 4 is 16.9 Å². The summed E-state index contributed by atoms with van der Waals surface area (Å²) in [6.45, 7) is 7.88. The topological polar surface area (TPSA) is 104 Å². The fraction of sp³-hybridized carbons (Fsp3) is 0.360. The molecule has 2 aliphatic heterocycles. The molecule has 2 aliphatic rings. The monoisotopic (exact) mass is 436 g/mol. The SMILES string of the molecule is C/C=C(\C)C(=O)OC(C)(C)[C@]1(CC2=CCNC(N)=C2)Cc2cc3ccc(=O)oc3cc2O1. The van der Waals surface area contributed by atoms with Gasteiger partial charge in [0.25, 0.3) is 0 Å². The number of hydrogen-bond acceptors (Lipinski definition) is 7. The average Bonchev–Trinajstić information content (AvgIpc) is 3.09. The third-order valence-corrected chi connectivity index (χ3v) is 6.28. The summed E-state index contributed by atoms with van der Waals surface area (Å²) in [5.74, 6) is 0.812. The molecule has 2 aromatic rings. The number of dihydropyridines is 1. The average molecular weight is 437 g/mol. The summed E-state index contributed by atoms with van der Waals surface area (Å²) in [5, 5.41) is 3.89. The first-order valence-electron chi connectivity index (χ1n) is 10.6. The molecule has 3 N–H and O–H groups in total. The van der Waals surface area contributed by atoms with Crippen molar-refractivity contribution in [3.8, 4) is 5.75 Å². The number of nitrogens with two attached hydrogens (primary N) is 1. The Balaban J connectivity index is 1.77. The lowest BCUT2D eigenvalue weighted by atomic mass is 9.77. The fourth-order valence-electron chi connectivity index (χ4n) is 4.16. The van der Waals surface area contributed by atoms with Gasteiger partial charge in [-0.2, -0.15) is 0 Å². The van der Waals surface area contributed by atoms with Gasteiger partial charge in [-0.15, -0.1) is 0 Å². The summed E-state index contributed by atoms with van der Waals surface area (Å²) in [4.78, 5) is 24.4. The number of allylic oxidation sites excluding steroid dienone is 2. The van der Waals surface area contributed by atoms with Crippen molar-refractivity contribution in [3.05, 3.63) is 75.4 Å². The maximum absolute atomic E-state index is 12.7. The molecule has 32 heavy (non-hydrogen) atoms. The molecule has 0 spiro atoms. The van der Waals surface area contributed by atoms with Gasteiger partial charge in [-0.25, -0.2) is 9.59 Å². The summed E-state index contributed by atoms with van der Waals surface area (Å²) in [6.07, 6.45) is 6.66. The van der Waals surface area contributed by atoms with E-state index in [0.717, 1.165) is 16.5 Å². The van der Waals surface area contributed by atoms with Gasteiger partial charge >= 0.3 is 11.6 Å². The number of nitrogens with one attached hydrogen (secondary N) is 1. The number of carbonyl (C=O) groups is 1. The highest BCUT2D eigenvalue weighted by Gasteiger charge is 2.54. The normalized spacial score (nSPS) is 20.7. The van der Waals surface area contributed by atoms with Gasteiger partial charge in [0.05, 0.1) is 5.82 Å². The van der Waals surface area contributed by atoms with E-state index < -0.39 is 16.8 Å². The molecule has 3 heterocycles. The minimum Gasteiger partial charge on any atom is -0.482 e. The van der Waals surface area contributed by atoms with Crippen LogP contribution >= 0.6 is 0 Å². The molecule has 1 aromatic carbocycles. The molecule has 0 radical (unpaired) electrons. The molecule has 1 aromatic heterocycles. The van der Waals surface area contributed by atoms with Crippen LogP contribution in [0.25, 0.3) is 11.0 Å². The first kappa shape index (κ1) is 21.7. The van der Waals surface area contributed by atoms with Crippen LogP contribution in [0.5, 0.6) is 5.75 Å². The van der Waals surface area contributed by atoms with E-state index >= 15 is 0 Å². The zero-order valence-electron chi connectivity index (χ0n) is 18.8. The minimum atomic E-state index is -0.977. The zero-order valence-corrected chi connectivity index (χ0v) is 18.8. The Hall–Kier alpha value is -3.48. The van der Waals surface area contributed by atoms with Crippen molar-refractivity contribution in [2.24, 2.45) is 5.73 Å². The fourth-order valence-corrected chi connectivity index (χ4v) is 4.16. The lowest BCUT2D eigenvalue weighted by molar-refractivity contribution is -0.174. The second-order valence-corrected chi connectivity index (χ2v) is 8.83. The predicted molar refractivity (Wildman–Crippen MR) is 122 cm³/mol. The molecular weight excluding hydrogens is 408 g/mol. The predicted octanol–water partition coefficient (Wildman–Crippen LogP) is 3.47. The molecule has 0 saturated carbocycles. The smallest absolute Gasteiger partial charge is 0.336 e. The van der Waals surface area contributed by atoms with E-state index in [0.29, 0.717) is 42.1 Å². The molecule has 0 fully saturated rings. The quantitative estimate of drug-likeness (QED) is 0.420. The molecule has 1 atom stereocenters. The highest BCUT2D eigenvalue weighted by Crippen LogP contribution is 2.47. The van der Waals surface area contributed by atoms with Crippen LogP contribution in [0.15, 0.2) is 68.7 Å². The number of carbonyl (C=O) groups excluding carboxylic acids is 1. The highest BCUT2D eigenvalue weighted by molar-refractivity contribution is 5.88. The molecule has 7 heteroatoms. The van der Waals surface area contributed by atoms with Gasteiger partial charge in [0, 0.05) is 42.5 Å². The molecule has 0 bridgehead atoms. The molecule has 0 unspecified atom stereocenters. The third kappa shape index (κ3) is 3.90. The van der Waals surface area contributed by atoms with Crippen LogP contribution in [0, 0.1) is 0 Å². The van der Waals surface area contributed by atoms with E-state index in [4.69, 9.17) is 19.6 Å². The van der Waals surface area contributed by atoms with E-state index in [1.54, 1.807) is 32.1 Å². The van der Waals surface area contributed by atoms with Crippen LogP contribution in [-0.2, 0) is 16.0 Å². The van der Waals surface area contributed by atoms with Gasteiger partial charge in [-0.3, -0.25) is 0 Å². The maximum atomic E-state index is 12.7. The number of ether oxygens (including phenoxy) is 2. The van der Waals surface area contributed by atoms with Crippen LogP contribution in [0.1, 0.15) is 39.7 Å². The number of fused-ring (bicyclic) bond motifs is 2. The van der Waals surface area contributed by atoms with Gasteiger partial charge in [0.1, 0.15) is 16.9 Å². The summed E-state index contributed by atoms with van der Waals surface area (Å²) >= 11 is 0. The molecule has 0 aliphatic carbocycles. The number of esters is 1. The highest BCUT2D eigenvalue weighted by atomic mass is 16.6. The van der Waals surface area contributed by atoms with Gasteiger partial charge in [0.2, 0.25) is 0 Å². The number of hydrogen-bond donors (Lipinski definition) is 2. The second-order valence-electron chi connectivity index (χ2n) is 8.83. The van der Waals surface area contributed by atoms with Crippen LogP contribution in [0.3, 0.4) is 0 Å². The first-order valence-corrected chi connectivity index (χ1v) is 10.6. The van der Waals surface area contributed by atoms with Crippen LogP contribution in [0.2, 0.25) is 0 Å². The first-order chi connectivity index (χ1) is 15.1. The molecule has 7 nitrogen and oxygen atoms in total. The Labute approximate surface area is 186 Å². The van der Waals surface area contributed by atoms with Crippen LogP contribution in [0.4, 0.5) is 0 Å². The zero-order chi connectivity index (χ0) is 23.1. The third-order valence-electron chi connectivity index (χ3n) is 6.28. The van der Waals surface area contributed by atoms with Gasteiger partial charge in [0.15, 0.2) is 5.60 Å². The Morgan fingerprint density at radius 1 is 1.34 bits per heavy atom. The van der Waals surface area contributed by atoms with E-state index in [-0.39, 0.29) is 5.97 Å². The van der Waals surface area contributed by atoms with Crippen molar-refractivity contribution in [3.63, 3.8) is 0 Å². The van der Waals surface area contributed by atoms with Crippen molar-refractivity contribution in [2.75, 3.05) is 6.54 Å². The number of benzene rings is 1. The molecular formula is C25H28N2O5. The molecule has 4 rings (SSSR count). The van der Waals surface area contributed by atoms with Crippen LogP contribution in [-0.4, -0.2) is 23.7 Å². The van der Waals surface area contributed by atoms with E-state index in [9.17, 15) is 9.59 Å². The summed E-state index contributed by atoms with van der Waals surface area (Å²) in [5.41, 5.74) is 6.66. The summed E-state index contributed by atoms with van der Waals surface area (Å²) in [7, 11) is 0. The van der Waals surface area contributed by atoms with Gasteiger partial charge in [-0.1, -0.05) is 12.2 Å². The van der Waals surface area contributed by atoms with Crippen LogP contribution < -0.4 is 21.4 Å². The maximum Gasteiger partial charge on any atom is 0.336 e. The molecule has 168 valence electrons. The van der Waals surface area contributed by atoms with Crippen molar-refractivity contribution in [1.82, 2.24) is 5.32 Å². The Kier molecular flexibility index (Phi) is 5.36. The van der Waals surface area contributed by atoms with E-state index in [1.807, 2.05) is 26.0 Å². The minimum absolute atomic E-state index is 0.387. The Morgan fingerprint density at radius 2 is 2.12 bits per heavy atom. The van der Waals surface area contributed by atoms with Gasteiger partial charge < -0.3 is 24.9 Å². The molecule has 0 amide bonds. The molecule has 0 saturated heterocycles. The van der Waals surface area contributed by atoms with E-state index in [1.165, 1.54) is 6.07 Å². The number of rotatable bonds is 5. The standard InChI is InChI=1S/C25H28N2O5/c1-5-15(2)23(29)32-24(3,4)25(13-16-8-9-27-21(26)10-16)14-18-11-17-6-7-22(28)30-19(17)12-20(18)31-25/h5-8,10-12,27H,9,13-14,26H2,1-4H3/b15-5+/t25-/m0/s1. The van der Waals surface area contributed by atoms with E-state index in [2.05, 4.69) is 11.4 Å². The second kappa shape index (κ2) is 7.89. The van der Waals surface area contributed by atoms with Crippen molar-refractivity contribution in [2.45, 2.75) is 51.7 Å². The van der Waals surface area contributed by atoms with Crippen molar-refractivity contribution in [1.29, 1.82) is 0 Å². The Morgan fingerprint density at radius 3 is 2.84 bits per heavy atom. The van der Waals surface area contributed by atoms with Gasteiger partial charge in [-0.05, 0) is 57.0 Å². The largest absolute Gasteiger partial charge is 0.482 e. The van der Waals surface area contributed by atoms with Crippen molar-refractivity contribution < 1.29 is 18.7 Å².